The molecule has 4 heteroatoms. The van der Waals surface area contributed by atoms with Crippen molar-refractivity contribution in [2.75, 3.05) is 6.54 Å². The van der Waals surface area contributed by atoms with Crippen molar-refractivity contribution in [2.24, 2.45) is 0 Å². The van der Waals surface area contributed by atoms with E-state index in [2.05, 4.69) is 20.9 Å². The van der Waals surface area contributed by atoms with Gasteiger partial charge in [-0.3, -0.25) is 4.79 Å². The van der Waals surface area contributed by atoms with Crippen LogP contribution in [0, 0.1) is 13.8 Å². The zero-order valence-electron chi connectivity index (χ0n) is 14.0. The molecule has 0 radical (unpaired) electrons. The molecule has 3 aromatic rings. The van der Waals surface area contributed by atoms with E-state index in [0.29, 0.717) is 13.1 Å². The molecule has 1 amide bonds. The van der Waals surface area contributed by atoms with E-state index in [4.69, 9.17) is 0 Å². The molecule has 0 bridgehead atoms. The second kappa shape index (κ2) is 7.13. The zero-order chi connectivity index (χ0) is 16.9. The molecule has 1 N–H and O–H groups in total. The Balaban J connectivity index is 1.58. The van der Waals surface area contributed by atoms with Crippen molar-refractivity contribution >= 4 is 23.0 Å². The van der Waals surface area contributed by atoms with E-state index in [9.17, 15) is 4.79 Å². The average Bonchev–Trinajstić information content (AvgIpc) is 2.89. The van der Waals surface area contributed by atoms with Crippen LogP contribution in [0.4, 0.5) is 0 Å². The summed E-state index contributed by atoms with van der Waals surface area (Å²) >= 11 is 0. The van der Waals surface area contributed by atoms with Crippen molar-refractivity contribution in [3.05, 3.63) is 71.6 Å². The number of nitrogens with zero attached hydrogens (tertiary/aromatic N) is 2. The second-order valence-corrected chi connectivity index (χ2v) is 5.84. The van der Waals surface area contributed by atoms with Crippen molar-refractivity contribution in [2.45, 2.75) is 20.4 Å². The maximum Gasteiger partial charge on any atom is 0.244 e. The molecule has 122 valence electrons. The quantitative estimate of drug-likeness (QED) is 0.732. The molecule has 0 fully saturated rings. The number of fused-ring (bicyclic) bond motifs is 1. The SMILES string of the molecule is Cc1cccc(/C=C/C(=O)NCCn2c(C)nc3ccccc32)c1. The monoisotopic (exact) mass is 319 g/mol. The molecule has 0 atom stereocenters. The van der Waals surface area contributed by atoms with Crippen molar-refractivity contribution in [3.8, 4) is 0 Å². The van der Waals surface area contributed by atoms with Gasteiger partial charge in [-0.25, -0.2) is 4.98 Å². The highest BCUT2D eigenvalue weighted by molar-refractivity contribution is 5.91. The molecule has 0 spiro atoms. The van der Waals surface area contributed by atoms with Crippen molar-refractivity contribution in [3.63, 3.8) is 0 Å². The van der Waals surface area contributed by atoms with Crippen LogP contribution in [0.2, 0.25) is 0 Å². The number of hydrogen-bond acceptors (Lipinski definition) is 2. The van der Waals surface area contributed by atoms with Gasteiger partial charge < -0.3 is 9.88 Å². The van der Waals surface area contributed by atoms with Gasteiger partial charge in [-0.15, -0.1) is 0 Å². The van der Waals surface area contributed by atoms with Gasteiger partial charge in [0.15, 0.2) is 0 Å². The molecular formula is C20H21N3O. The Hall–Kier alpha value is -2.88. The number of amides is 1. The topological polar surface area (TPSA) is 46.9 Å². The third kappa shape index (κ3) is 3.71. The summed E-state index contributed by atoms with van der Waals surface area (Å²) in [5.41, 5.74) is 4.29. The molecule has 0 aliphatic heterocycles. The molecule has 1 heterocycles. The molecule has 0 aliphatic carbocycles. The Morgan fingerprint density at radius 1 is 1.17 bits per heavy atom. The van der Waals surface area contributed by atoms with Crippen LogP contribution < -0.4 is 5.32 Å². The van der Waals surface area contributed by atoms with Gasteiger partial charge in [0.05, 0.1) is 11.0 Å². The highest BCUT2D eigenvalue weighted by Gasteiger charge is 2.06. The summed E-state index contributed by atoms with van der Waals surface area (Å²) in [6.07, 6.45) is 3.41. The third-order valence-corrected chi connectivity index (χ3v) is 3.95. The Kier molecular flexibility index (Phi) is 4.75. The lowest BCUT2D eigenvalue weighted by Gasteiger charge is -2.07. The first-order valence-corrected chi connectivity index (χ1v) is 8.08. The minimum absolute atomic E-state index is 0.0846. The predicted octanol–water partition coefficient (Wildman–Crippen LogP) is 3.48. The minimum Gasteiger partial charge on any atom is -0.351 e. The fraction of sp³-hybridized carbons (Fsp3) is 0.200. The molecule has 0 saturated heterocycles. The number of nitrogens with one attached hydrogen (secondary N) is 1. The first-order chi connectivity index (χ1) is 11.6. The summed E-state index contributed by atoms with van der Waals surface area (Å²) in [7, 11) is 0. The summed E-state index contributed by atoms with van der Waals surface area (Å²) in [6, 6.07) is 16.1. The van der Waals surface area contributed by atoms with E-state index >= 15 is 0 Å². The van der Waals surface area contributed by atoms with Gasteiger partial charge in [0.2, 0.25) is 5.91 Å². The Bertz CT molecular complexity index is 893. The largest absolute Gasteiger partial charge is 0.351 e. The van der Waals surface area contributed by atoms with Gasteiger partial charge in [0.25, 0.3) is 0 Å². The van der Waals surface area contributed by atoms with Gasteiger partial charge in [0.1, 0.15) is 5.82 Å². The second-order valence-electron chi connectivity index (χ2n) is 5.84. The molecule has 0 saturated carbocycles. The van der Waals surface area contributed by atoms with E-state index in [1.54, 1.807) is 6.08 Å². The molecule has 4 nitrogen and oxygen atoms in total. The predicted molar refractivity (Wildman–Crippen MR) is 97.7 cm³/mol. The lowest BCUT2D eigenvalue weighted by molar-refractivity contribution is -0.116. The normalized spacial score (nSPS) is 11.2. The van der Waals surface area contributed by atoms with Gasteiger partial charge >= 0.3 is 0 Å². The van der Waals surface area contributed by atoms with E-state index in [1.807, 2.05) is 62.4 Å². The lowest BCUT2D eigenvalue weighted by Crippen LogP contribution is -2.25. The van der Waals surface area contributed by atoms with Gasteiger partial charge in [0, 0.05) is 19.2 Å². The fourth-order valence-electron chi connectivity index (χ4n) is 2.77. The first kappa shape index (κ1) is 16.0. The van der Waals surface area contributed by atoms with Gasteiger partial charge in [-0.2, -0.15) is 0 Å². The van der Waals surface area contributed by atoms with E-state index in [1.165, 1.54) is 5.56 Å². The van der Waals surface area contributed by atoms with Crippen LogP contribution in [0.5, 0.6) is 0 Å². The van der Waals surface area contributed by atoms with Crippen LogP contribution in [0.3, 0.4) is 0 Å². The smallest absolute Gasteiger partial charge is 0.244 e. The third-order valence-electron chi connectivity index (χ3n) is 3.95. The van der Waals surface area contributed by atoms with E-state index in [-0.39, 0.29) is 5.91 Å². The number of para-hydroxylation sites is 2. The van der Waals surface area contributed by atoms with Crippen molar-refractivity contribution in [1.29, 1.82) is 0 Å². The van der Waals surface area contributed by atoms with Crippen LogP contribution in [-0.4, -0.2) is 22.0 Å². The highest BCUT2D eigenvalue weighted by atomic mass is 16.1. The van der Waals surface area contributed by atoms with Crippen molar-refractivity contribution in [1.82, 2.24) is 14.9 Å². The number of carbonyl (C=O) groups excluding carboxylic acids is 1. The summed E-state index contributed by atoms with van der Waals surface area (Å²) < 4.78 is 2.12. The molecule has 1 aromatic heterocycles. The highest BCUT2D eigenvalue weighted by Crippen LogP contribution is 2.14. The number of hydrogen-bond donors (Lipinski definition) is 1. The van der Waals surface area contributed by atoms with Crippen LogP contribution in [0.25, 0.3) is 17.1 Å². The molecular weight excluding hydrogens is 298 g/mol. The zero-order valence-corrected chi connectivity index (χ0v) is 14.0. The van der Waals surface area contributed by atoms with E-state index in [0.717, 1.165) is 22.4 Å². The van der Waals surface area contributed by atoms with Crippen LogP contribution in [-0.2, 0) is 11.3 Å². The first-order valence-electron chi connectivity index (χ1n) is 8.08. The van der Waals surface area contributed by atoms with Crippen molar-refractivity contribution < 1.29 is 4.79 Å². The number of imidazole rings is 1. The summed E-state index contributed by atoms with van der Waals surface area (Å²) in [5.74, 6) is 0.874. The maximum absolute atomic E-state index is 12.0. The van der Waals surface area contributed by atoms with E-state index < -0.39 is 0 Å². The fourth-order valence-corrected chi connectivity index (χ4v) is 2.77. The number of rotatable bonds is 5. The summed E-state index contributed by atoms with van der Waals surface area (Å²) in [6.45, 7) is 5.29. The Labute approximate surface area is 141 Å². The van der Waals surface area contributed by atoms with Crippen LogP contribution >= 0.6 is 0 Å². The molecule has 2 aromatic carbocycles. The summed E-state index contributed by atoms with van der Waals surface area (Å²) in [4.78, 5) is 16.5. The Morgan fingerprint density at radius 3 is 2.83 bits per heavy atom. The Morgan fingerprint density at radius 2 is 2.00 bits per heavy atom. The van der Waals surface area contributed by atoms with Gasteiger partial charge in [-0.05, 0) is 37.6 Å². The number of carbonyl (C=O) groups is 1. The van der Waals surface area contributed by atoms with Crippen LogP contribution in [0.15, 0.2) is 54.6 Å². The maximum atomic E-state index is 12.0. The molecule has 0 unspecified atom stereocenters. The molecule has 24 heavy (non-hydrogen) atoms. The molecule has 0 aliphatic rings. The minimum atomic E-state index is -0.0846. The lowest BCUT2D eigenvalue weighted by atomic mass is 10.1. The summed E-state index contributed by atoms with van der Waals surface area (Å²) in [5, 5.41) is 2.92. The molecule has 3 rings (SSSR count). The number of aryl methyl sites for hydroxylation is 2. The number of benzene rings is 2. The van der Waals surface area contributed by atoms with Crippen LogP contribution in [0.1, 0.15) is 17.0 Å². The number of aromatic nitrogens is 2. The average molecular weight is 319 g/mol. The standard InChI is InChI=1S/C20H21N3O/c1-15-6-5-7-17(14-15)10-11-20(24)21-12-13-23-16(2)22-18-8-3-4-9-19(18)23/h3-11,14H,12-13H2,1-2H3,(H,21,24)/b11-10+. The van der Waals surface area contributed by atoms with Gasteiger partial charge in [-0.1, -0.05) is 42.0 Å².